The number of hydrogen-bond donors (Lipinski definition) is 1. The van der Waals surface area contributed by atoms with Gasteiger partial charge in [0, 0.05) is 6.04 Å². The fourth-order valence-electron chi connectivity index (χ4n) is 3.18. The maximum atomic E-state index is 13.0. The molecule has 0 aromatic heterocycles. The quantitative estimate of drug-likeness (QED) is 0.932. The van der Waals surface area contributed by atoms with Crippen molar-refractivity contribution in [2.24, 2.45) is 5.92 Å². The van der Waals surface area contributed by atoms with Crippen molar-refractivity contribution in [2.45, 2.75) is 56.2 Å². The second-order valence-electron chi connectivity index (χ2n) is 6.17. The van der Waals surface area contributed by atoms with E-state index in [4.69, 9.17) is 0 Å². The molecule has 0 heterocycles. The fourth-order valence-corrected chi connectivity index (χ4v) is 5.66. The molecule has 20 heavy (non-hydrogen) atoms. The van der Waals surface area contributed by atoms with Gasteiger partial charge in [-0.1, -0.05) is 19.1 Å². The number of nitrogens with one attached hydrogen (secondary N) is 1. The first kappa shape index (κ1) is 15.5. The lowest BCUT2D eigenvalue weighted by atomic mass is 9.87. The second kappa shape index (κ2) is 5.86. The standard InChI is InChI=1S/C16H25NO2S/c1-11-5-7-13(3)15(9-11)20(18,19)16-10-12(2)6-8-14(16)17-4/h5,7,9,12,14,16-17H,6,8,10H2,1-4H3. The van der Waals surface area contributed by atoms with E-state index in [1.807, 2.05) is 39.1 Å². The molecule has 1 saturated carbocycles. The highest BCUT2D eigenvalue weighted by molar-refractivity contribution is 7.92. The van der Waals surface area contributed by atoms with Crippen LogP contribution < -0.4 is 5.32 Å². The Morgan fingerprint density at radius 1 is 1.20 bits per heavy atom. The summed E-state index contributed by atoms with van der Waals surface area (Å²) in [7, 11) is -1.40. The number of rotatable bonds is 3. The molecule has 0 amide bonds. The molecule has 1 aromatic rings. The highest BCUT2D eigenvalue weighted by atomic mass is 32.2. The Bertz CT molecular complexity index is 580. The van der Waals surface area contributed by atoms with Crippen LogP contribution in [0, 0.1) is 19.8 Å². The first-order valence-corrected chi connectivity index (χ1v) is 8.89. The van der Waals surface area contributed by atoms with Gasteiger partial charge in [-0.05, 0) is 63.3 Å². The van der Waals surface area contributed by atoms with Crippen molar-refractivity contribution in [1.29, 1.82) is 0 Å². The van der Waals surface area contributed by atoms with Crippen molar-refractivity contribution < 1.29 is 8.42 Å². The third-order valence-electron chi connectivity index (χ3n) is 4.47. The highest BCUT2D eigenvalue weighted by Gasteiger charge is 2.38. The summed E-state index contributed by atoms with van der Waals surface area (Å²) < 4.78 is 26.1. The monoisotopic (exact) mass is 295 g/mol. The molecule has 3 atom stereocenters. The van der Waals surface area contributed by atoms with Gasteiger partial charge in [0.15, 0.2) is 9.84 Å². The molecule has 3 unspecified atom stereocenters. The molecule has 0 aliphatic heterocycles. The normalized spacial score (nSPS) is 27.5. The molecule has 1 aromatic carbocycles. The van der Waals surface area contributed by atoms with Crippen LogP contribution in [-0.4, -0.2) is 26.8 Å². The Kier molecular flexibility index (Phi) is 4.55. The van der Waals surface area contributed by atoms with Crippen molar-refractivity contribution in [2.75, 3.05) is 7.05 Å². The minimum Gasteiger partial charge on any atom is -0.316 e. The first-order valence-electron chi connectivity index (χ1n) is 7.34. The summed E-state index contributed by atoms with van der Waals surface area (Å²) in [6.07, 6.45) is 2.79. The SMILES string of the molecule is CNC1CCC(C)CC1S(=O)(=O)c1cc(C)ccc1C. The smallest absolute Gasteiger partial charge is 0.183 e. The van der Waals surface area contributed by atoms with E-state index >= 15 is 0 Å². The van der Waals surface area contributed by atoms with Crippen molar-refractivity contribution in [3.05, 3.63) is 29.3 Å². The number of hydrogen-bond acceptors (Lipinski definition) is 3. The zero-order valence-electron chi connectivity index (χ0n) is 12.8. The van der Waals surface area contributed by atoms with Gasteiger partial charge in [0.2, 0.25) is 0 Å². The lowest BCUT2D eigenvalue weighted by molar-refractivity contribution is 0.319. The number of aryl methyl sites for hydroxylation is 2. The van der Waals surface area contributed by atoms with Crippen LogP contribution >= 0.6 is 0 Å². The van der Waals surface area contributed by atoms with Crippen LogP contribution in [0.4, 0.5) is 0 Å². The molecule has 0 saturated heterocycles. The van der Waals surface area contributed by atoms with E-state index in [2.05, 4.69) is 12.2 Å². The van der Waals surface area contributed by atoms with Crippen molar-refractivity contribution in [3.63, 3.8) is 0 Å². The number of sulfone groups is 1. The molecular formula is C16H25NO2S. The van der Waals surface area contributed by atoms with Crippen molar-refractivity contribution in [3.8, 4) is 0 Å². The van der Waals surface area contributed by atoms with Gasteiger partial charge >= 0.3 is 0 Å². The van der Waals surface area contributed by atoms with Crippen molar-refractivity contribution in [1.82, 2.24) is 5.32 Å². The molecule has 4 heteroatoms. The number of benzene rings is 1. The van der Waals surface area contributed by atoms with Crippen LogP contribution in [0.5, 0.6) is 0 Å². The van der Waals surface area contributed by atoms with Gasteiger partial charge in [-0.25, -0.2) is 8.42 Å². The van der Waals surface area contributed by atoms with Crippen LogP contribution in [0.25, 0.3) is 0 Å². The Balaban J connectivity index is 2.44. The third kappa shape index (κ3) is 2.91. The minimum atomic E-state index is -3.27. The van der Waals surface area contributed by atoms with Gasteiger partial charge in [-0.15, -0.1) is 0 Å². The van der Waals surface area contributed by atoms with Gasteiger partial charge in [-0.2, -0.15) is 0 Å². The van der Waals surface area contributed by atoms with Gasteiger partial charge in [0.1, 0.15) is 0 Å². The Labute approximate surface area is 122 Å². The minimum absolute atomic E-state index is 0.0658. The van der Waals surface area contributed by atoms with Crippen LogP contribution in [0.15, 0.2) is 23.1 Å². The van der Waals surface area contributed by atoms with Gasteiger partial charge in [0.05, 0.1) is 10.1 Å². The molecule has 0 spiro atoms. The molecule has 2 rings (SSSR count). The summed E-state index contributed by atoms with van der Waals surface area (Å²) in [5.74, 6) is 0.476. The molecule has 0 bridgehead atoms. The van der Waals surface area contributed by atoms with Gasteiger partial charge in [0.25, 0.3) is 0 Å². The molecule has 1 aliphatic rings. The van der Waals surface area contributed by atoms with Crippen LogP contribution in [0.3, 0.4) is 0 Å². The maximum absolute atomic E-state index is 13.0. The molecule has 112 valence electrons. The Hall–Kier alpha value is -0.870. The molecule has 1 fully saturated rings. The zero-order chi connectivity index (χ0) is 14.9. The molecule has 3 nitrogen and oxygen atoms in total. The summed E-state index contributed by atoms with van der Waals surface area (Å²) in [6.45, 7) is 5.97. The lowest BCUT2D eigenvalue weighted by Crippen LogP contribution is -2.46. The average Bonchev–Trinajstić information content (AvgIpc) is 2.41. The van der Waals surface area contributed by atoms with E-state index in [-0.39, 0.29) is 11.3 Å². The molecular weight excluding hydrogens is 270 g/mol. The van der Waals surface area contributed by atoms with E-state index in [0.717, 1.165) is 30.4 Å². The second-order valence-corrected chi connectivity index (χ2v) is 8.30. The van der Waals surface area contributed by atoms with Crippen LogP contribution in [0.2, 0.25) is 0 Å². The summed E-state index contributed by atoms with van der Waals surface area (Å²) in [6, 6.07) is 5.75. The molecule has 1 N–H and O–H groups in total. The van der Waals surface area contributed by atoms with E-state index in [9.17, 15) is 8.42 Å². The summed E-state index contributed by atoms with van der Waals surface area (Å²) in [5.41, 5.74) is 1.85. The highest BCUT2D eigenvalue weighted by Crippen LogP contribution is 2.33. The topological polar surface area (TPSA) is 46.2 Å². The van der Waals surface area contributed by atoms with E-state index in [1.165, 1.54) is 0 Å². The summed E-state index contributed by atoms with van der Waals surface area (Å²) >= 11 is 0. The predicted octanol–water partition coefficient (Wildman–Crippen LogP) is 2.85. The summed E-state index contributed by atoms with van der Waals surface area (Å²) in [4.78, 5) is 0.511. The largest absolute Gasteiger partial charge is 0.316 e. The third-order valence-corrected chi connectivity index (χ3v) is 6.84. The first-order chi connectivity index (χ1) is 9.36. The van der Waals surface area contributed by atoms with E-state index in [0.29, 0.717) is 10.8 Å². The summed E-state index contributed by atoms with van der Waals surface area (Å²) in [5, 5.41) is 2.90. The average molecular weight is 295 g/mol. The Morgan fingerprint density at radius 2 is 1.90 bits per heavy atom. The van der Waals surface area contributed by atoms with Crippen LogP contribution in [0.1, 0.15) is 37.3 Å². The van der Waals surface area contributed by atoms with Gasteiger partial charge < -0.3 is 5.32 Å². The zero-order valence-corrected chi connectivity index (χ0v) is 13.6. The van der Waals surface area contributed by atoms with Crippen molar-refractivity contribution >= 4 is 9.84 Å². The Morgan fingerprint density at radius 3 is 2.55 bits per heavy atom. The van der Waals surface area contributed by atoms with Gasteiger partial charge in [-0.3, -0.25) is 0 Å². The van der Waals surface area contributed by atoms with E-state index < -0.39 is 9.84 Å². The fraction of sp³-hybridized carbons (Fsp3) is 0.625. The maximum Gasteiger partial charge on any atom is 0.183 e. The van der Waals surface area contributed by atoms with Crippen LogP contribution in [-0.2, 0) is 9.84 Å². The lowest BCUT2D eigenvalue weighted by Gasteiger charge is -2.34. The van der Waals surface area contributed by atoms with E-state index in [1.54, 1.807) is 0 Å². The molecule has 0 radical (unpaired) electrons. The molecule has 1 aliphatic carbocycles. The predicted molar refractivity (Wildman–Crippen MR) is 82.8 cm³/mol.